The van der Waals surface area contributed by atoms with E-state index in [0.717, 1.165) is 0 Å². The van der Waals surface area contributed by atoms with Crippen LogP contribution in [-0.2, 0) is 4.74 Å². The molecule has 0 N–H and O–H groups in total. The van der Waals surface area contributed by atoms with Gasteiger partial charge in [-0.25, -0.2) is 4.79 Å². The highest BCUT2D eigenvalue weighted by atomic mass is 32.1. The van der Waals surface area contributed by atoms with Gasteiger partial charge >= 0.3 is 5.97 Å². The molecule has 0 aromatic carbocycles. The zero-order valence-electron chi connectivity index (χ0n) is 9.27. The highest BCUT2D eigenvalue weighted by Crippen LogP contribution is 2.32. The van der Waals surface area contributed by atoms with E-state index in [2.05, 4.69) is 34.9 Å². The topological polar surface area (TPSA) is 26.3 Å². The van der Waals surface area contributed by atoms with Gasteiger partial charge in [-0.15, -0.1) is 17.8 Å². The van der Waals surface area contributed by atoms with Gasteiger partial charge in [0.1, 0.15) is 4.88 Å². The van der Waals surface area contributed by atoms with E-state index in [0.29, 0.717) is 10.4 Å². The molecule has 1 aromatic heterocycles. The van der Waals surface area contributed by atoms with Crippen molar-refractivity contribution in [3.05, 3.63) is 46.2 Å². The van der Waals surface area contributed by atoms with E-state index in [-0.39, 0.29) is 5.97 Å². The van der Waals surface area contributed by atoms with Crippen molar-refractivity contribution in [1.82, 2.24) is 0 Å². The van der Waals surface area contributed by atoms with Crippen molar-refractivity contribution in [2.24, 2.45) is 0 Å². The molecule has 2 aliphatic carbocycles. The Bertz CT molecular complexity index is 573. The molecule has 0 saturated heterocycles. The second-order valence-corrected chi connectivity index (χ2v) is 4.30. The molecule has 0 aliphatic heterocycles. The second kappa shape index (κ2) is 4.86. The molecule has 17 heavy (non-hydrogen) atoms. The molecule has 2 nitrogen and oxygen atoms in total. The first-order chi connectivity index (χ1) is 8.26. The maximum Gasteiger partial charge on any atom is 0.349 e. The molecule has 0 amide bonds. The summed E-state index contributed by atoms with van der Waals surface area (Å²) in [6.07, 6.45) is 5.14. The first kappa shape index (κ1) is 11.4. The van der Waals surface area contributed by atoms with Gasteiger partial charge in [-0.1, -0.05) is 24.1 Å². The van der Waals surface area contributed by atoms with E-state index in [1.54, 1.807) is 11.4 Å². The summed E-state index contributed by atoms with van der Waals surface area (Å²) in [7, 11) is 1.34. The van der Waals surface area contributed by atoms with E-state index in [4.69, 9.17) is 6.42 Å². The van der Waals surface area contributed by atoms with Crippen LogP contribution in [0.4, 0.5) is 0 Å². The van der Waals surface area contributed by atoms with Gasteiger partial charge in [-0.05, 0) is 28.6 Å². The van der Waals surface area contributed by atoms with Crippen LogP contribution >= 0.6 is 11.3 Å². The summed E-state index contributed by atoms with van der Waals surface area (Å²) in [4.78, 5) is 11.4. The van der Waals surface area contributed by atoms with Crippen LogP contribution in [0, 0.1) is 12.3 Å². The van der Waals surface area contributed by atoms with Gasteiger partial charge in [0.25, 0.3) is 0 Å². The molecular formula is C14H10O2S. The quantitative estimate of drug-likeness (QED) is 0.484. The van der Waals surface area contributed by atoms with E-state index in [9.17, 15) is 4.79 Å². The minimum Gasteiger partial charge on any atom is -0.465 e. The summed E-state index contributed by atoms with van der Waals surface area (Å²) in [5, 5.41) is 1.77. The largest absolute Gasteiger partial charge is 0.465 e. The highest BCUT2D eigenvalue weighted by molar-refractivity contribution is 7.12. The number of rotatable bonds is 1. The Balaban J connectivity index is 0.000000148. The first-order valence-corrected chi connectivity index (χ1v) is 5.87. The Hall–Kier alpha value is -2.05. The highest BCUT2D eigenvalue weighted by Gasteiger charge is 2.10. The molecule has 0 saturated carbocycles. The number of ether oxygens (including phenoxy) is 1. The normalized spacial score (nSPS) is 9.65. The summed E-state index contributed by atoms with van der Waals surface area (Å²) in [6.45, 7) is 0. The van der Waals surface area contributed by atoms with E-state index >= 15 is 0 Å². The molecule has 0 fully saturated rings. The smallest absolute Gasteiger partial charge is 0.349 e. The predicted molar refractivity (Wildman–Crippen MR) is 69.0 cm³/mol. The van der Waals surface area contributed by atoms with Crippen LogP contribution < -0.4 is 0 Å². The molecule has 3 heteroatoms. The Kier molecular flexibility index (Phi) is 3.27. The number of esters is 1. The number of fused-ring (bicyclic) bond motifs is 1. The number of hydrogen-bond acceptors (Lipinski definition) is 3. The zero-order chi connectivity index (χ0) is 12.3. The van der Waals surface area contributed by atoms with Crippen molar-refractivity contribution in [3.63, 3.8) is 0 Å². The van der Waals surface area contributed by atoms with E-state index < -0.39 is 0 Å². The summed E-state index contributed by atoms with van der Waals surface area (Å²) < 4.78 is 4.51. The lowest BCUT2D eigenvalue weighted by atomic mass is 10.3. The molecule has 2 aliphatic rings. The van der Waals surface area contributed by atoms with Gasteiger partial charge in [-0.3, -0.25) is 0 Å². The lowest BCUT2D eigenvalue weighted by molar-refractivity contribution is 0.0606. The van der Waals surface area contributed by atoms with E-state index in [1.807, 2.05) is 0 Å². The van der Waals surface area contributed by atoms with Gasteiger partial charge in [0, 0.05) is 5.56 Å². The number of methoxy groups -OCH3 is 1. The third kappa shape index (κ3) is 2.55. The maximum atomic E-state index is 10.9. The summed E-state index contributed by atoms with van der Waals surface area (Å²) in [6, 6.07) is 10.2. The van der Waals surface area contributed by atoms with Crippen molar-refractivity contribution in [3.8, 4) is 23.5 Å². The van der Waals surface area contributed by atoms with Crippen LogP contribution in [0.3, 0.4) is 0 Å². The van der Waals surface area contributed by atoms with Gasteiger partial charge in [-0.2, -0.15) is 0 Å². The fraction of sp³-hybridized carbons (Fsp3) is 0.0714. The zero-order valence-corrected chi connectivity index (χ0v) is 10.1. The van der Waals surface area contributed by atoms with Gasteiger partial charge in [0.15, 0.2) is 0 Å². The molecule has 0 unspecified atom stereocenters. The number of thiophene rings is 1. The van der Waals surface area contributed by atoms with Crippen molar-refractivity contribution in [2.45, 2.75) is 0 Å². The molecule has 0 atom stereocenters. The monoisotopic (exact) mass is 242 g/mol. The average molecular weight is 242 g/mol. The van der Waals surface area contributed by atoms with Crippen molar-refractivity contribution in [1.29, 1.82) is 0 Å². The minimum absolute atomic E-state index is 0.368. The average Bonchev–Trinajstić information content (AvgIpc) is 2.83. The van der Waals surface area contributed by atoms with Gasteiger partial charge in [0.05, 0.1) is 7.11 Å². The lowest BCUT2D eigenvalue weighted by Crippen LogP contribution is -1.99. The number of hydrogen-bond donors (Lipinski definition) is 0. The molecule has 0 spiro atoms. The second-order valence-electron chi connectivity index (χ2n) is 3.38. The number of carbonyl (C=O) groups is 1. The Morgan fingerprint density at radius 1 is 1.35 bits per heavy atom. The SMILES string of the molecule is C#Cc1ccsc1C(=O)OC.c1cc2cc-2c1. The minimum atomic E-state index is -0.368. The van der Waals surface area contributed by atoms with Gasteiger partial charge < -0.3 is 4.74 Å². The third-order valence-electron chi connectivity index (χ3n) is 2.30. The number of benzene rings is 1. The Morgan fingerprint density at radius 3 is 2.47 bits per heavy atom. The Morgan fingerprint density at radius 2 is 2.06 bits per heavy atom. The number of carbonyl (C=O) groups excluding carboxylic acids is 1. The summed E-state index contributed by atoms with van der Waals surface area (Å²) in [5.41, 5.74) is 3.45. The molecule has 0 radical (unpaired) electrons. The molecule has 1 heterocycles. The fourth-order valence-electron chi connectivity index (χ4n) is 1.35. The van der Waals surface area contributed by atoms with Crippen LogP contribution in [0.1, 0.15) is 15.2 Å². The van der Waals surface area contributed by atoms with Crippen molar-refractivity contribution >= 4 is 17.3 Å². The van der Waals surface area contributed by atoms with Gasteiger partial charge in [0.2, 0.25) is 0 Å². The molecule has 1 aromatic rings. The van der Waals surface area contributed by atoms with Crippen molar-refractivity contribution < 1.29 is 9.53 Å². The lowest BCUT2D eigenvalue weighted by Gasteiger charge is -1.93. The molecule has 0 bridgehead atoms. The van der Waals surface area contributed by atoms with Crippen LogP contribution in [0.2, 0.25) is 0 Å². The molecule has 84 valence electrons. The molecule has 3 rings (SSSR count). The fourth-order valence-corrected chi connectivity index (χ4v) is 2.12. The van der Waals surface area contributed by atoms with Crippen LogP contribution in [0.5, 0.6) is 0 Å². The summed E-state index contributed by atoms with van der Waals surface area (Å²) >= 11 is 1.29. The third-order valence-corrected chi connectivity index (χ3v) is 3.20. The van der Waals surface area contributed by atoms with Crippen molar-refractivity contribution in [2.75, 3.05) is 7.11 Å². The van der Waals surface area contributed by atoms with Crippen LogP contribution in [-0.4, -0.2) is 13.1 Å². The van der Waals surface area contributed by atoms with Crippen LogP contribution in [0.15, 0.2) is 35.7 Å². The molecular weight excluding hydrogens is 232 g/mol. The number of terminal acetylenes is 1. The van der Waals surface area contributed by atoms with E-state index in [1.165, 1.54) is 29.6 Å². The first-order valence-electron chi connectivity index (χ1n) is 4.99. The van der Waals surface area contributed by atoms with Crippen LogP contribution in [0.25, 0.3) is 11.1 Å². The summed E-state index contributed by atoms with van der Waals surface area (Å²) in [5.74, 6) is 2.03. The maximum absolute atomic E-state index is 10.9. The standard InChI is InChI=1S/C8H6O2S.C6H4/c1-3-6-4-5-11-7(6)8(9)10-2;1-2-5-4-6(5)3-1/h1,4-5H,2H3;1-4H. The Labute approximate surface area is 104 Å². The predicted octanol–water partition coefficient (Wildman–Crippen LogP) is 3.18.